The monoisotopic (exact) mass is 292 g/mol. The van der Waals surface area contributed by atoms with Crippen LogP contribution in [0, 0.1) is 5.82 Å². The fourth-order valence-electron chi connectivity index (χ4n) is 1.98. The fraction of sp³-hybridized carbons (Fsp3) is 0.312. The van der Waals surface area contributed by atoms with E-state index < -0.39 is 17.9 Å². The van der Waals surface area contributed by atoms with Gasteiger partial charge in [-0.15, -0.1) is 0 Å². The summed E-state index contributed by atoms with van der Waals surface area (Å²) in [7, 11) is 0. The van der Waals surface area contributed by atoms with Gasteiger partial charge >= 0.3 is 0 Å². The third-order valence-electron chi connectivity index (χ3n) is 2.91. The van der Waals surface area contributed by atoms with Crippen molar-refractivity contribution in [2.45, 2.75) is 20.1 Å². The van der Waals surface area contributed by atoms with Crippen LogP contribution >= 0.6 is 0 Å². The van der Waals surface area contributed by atoms with Gasteiger partial charge in [-0.2, -0.15) is 0 Å². The number of ether oxygens (including phenoxy) is 2. The summed E-state index contributed by atoms with van der Waals surface area (Å²) in [5, 5.41) is 0. The summed E-state index contributed by atoms with van der Waals surface area (Å²) >= 11 is 0. The highest BCUT2D eigenvalue weighted by molar-refractivity contribution is 6.09. The summed E-state index contributed by atoms with van der Waals surface area (Å²) in [5.74, 6) is -0.771. The molecule has 21 heavy (non-hydrogen) atoms. The SMILES string of the molecule is CCOC(OCC)c1occc1C(=O)c1ccccc1F. The normalized spacial score (nSPS) is 11.0. The van der Waals surface area contributed by atoms with E-state index in [4.69, 9.17) is 13.9 Å². The minimum absolute atomic E-state index is 0.00750. The van der Waals surface area contributed by atoms with Gasteiger partial charge in [0.2, 0.25) is 6.29 Å². The van der Waals surface area contributed by atoms with Gasteiger partial charge in [0.25, 0.3) is 0 Å². The molecule has 0 atom stereocenters. The van der Waals surface area contributed by atoms with E-state index in [2.05, 4.69) is 0 Å². The lowest BCUT2D eigenvalue weighted by atomic mass is 10.0. The van der Waals surface area contributed by atoms with Crippen molar-refractivity contribution >= 4 is 5.78 Å². The molecule has 1 aromatic carbocycles. The van der Waals surface area contributed by atoms with Crippen molar-refractivity contribution < 1.29 is 23.1 Å². The van der Waals surface area contributed by atoms with Crippen LogP contribution in [0.25, 0.3) is 0 Å². The van der Waals surface area contributed by atoms with Crippen LogP contribution in [0.5, 0.6) is 0 Å². The second kappa shape index (κ2) is 7.15. The van der Waals surface area contributed by atoms with Gasteiger partial charge < -0.3 is 13.9 Å². The molecule has 4 nitrogen and oxygen atoms in total. The van der Waals surface area contributed by atoms with Crippen molar-refractivity contribution in [3.63, 3.8) is 0 Å². The molecular weight excluding hydrogens is 275 g/mol. The molecule has 0 radical (unpaired) electrons. The minimum atomic E-state index is -0.777. The molecule has 0 fully saturated rings. The average molecular weight is 292 g/mol. The van der Waals surface area contributed by atoms with E-state index in [-0.39, 0.29) is 16.9 Å². The molecule has 0 aliphatic heterocycles. The summed E-state index contributed by atoms with van der Waals surface area (Å²) in [4.78, 5) is 12.5. The Bertz CT molecular complexity index is 600. The molecule has 2 aromatic rings. The van der Waals surface area contributed by atoms with Gasteiger partial charge in [-0.05, 0) is 32.0 Å². The molecule has 0 aliphatic rings. The quantitative estimate of drug-likeness (QED) is 0.576. The zero-order valence-corrected chi connectivity index (χ0v) is 12.0. The molecule has 0 N–H and O–H groups in total. The first-order valence-electron chi connectivity index (χ1n) is 6.78. The lowest BCUT2D eigenvalue weighted by molar-refractivity contribution is -0.150. The van der Waals surface area contributed by atoms with Crippen molar-refractivity contribution in [3.05, 3.63) is 59.3 Å². The molecule has 0 saturated carbocycles. The fourth-order valence-corrected chi connectivity index (χ4v) is 1.98. The van der Waals surface area contributed by atoms with E-state index in [9.17, 15) is 9.18 Å². The van der Waals surface area contributed by atoms with Crippen LogP contribution in [0.2, 0.25) is 0 Å². The van der Waals surface area contributed by atoms with Crippen LogP contribution in [-0.4, -0.2) is 19.0 Å². The Morgan fingerprint density at radius 1 is 1.14 bits per heavy atom. The van der Waals surface area contributed by atoms with E-state index in [1.54, 1.807) is 6.07 Å². The molecule has 0 aliphatic carbocycles. The van der Waals surface area contributed by atoms with E-state index >= 15 is 0 Å². The molecule has 0 bridgehead atoms. The Balaban J connectivity index is 2.35. The maximum atomic E-state index is 13.7. The topological polar surface area (TPSA) is 48.7 Å². The van der Waals surface area contributed by atoms with Crippen LogP contribution in [0.1, 0.15) is 41.8 Å². The molecule has 112 valence electrons. The first-order valence-corrected chi connectivity index (χ1v) is 6.78. The van der Waals surface area contributed by atoms with Gasteiger partial charge in [0.05, 0.1) is 17.4 Å². The third kappa shape index (κ3) is 3.37. The lowest BCUT2D eigenvalue weighted by Gasteiger charge is -2.15. The van der Waals surface area contributed by atoms with Crippen LogP contribution < -0.4 is 0 Å². The van der Waals surface area contributed by atoms with Crippen molar-refractivity contribution in [1.29, 1.82) is 0 Å². The van der Waals surface area contributed by atoms with Crippen LogP contribution in [0.3, 0.4) is 0 Å². The van der Waals surface area contributed by atoms with Crippen molar-refractivity contribution in [2.75, 3.05) is 13.2 Å². The Kier molecular flexibility index (Phi) is 5.25. The summed E-state index contributed by atoms with van der Waals surface area (Å²) in [6.45, 7) is 4.43. The molecule has 0 unspecified atom stereocenters. The van der Waals surface area contributed by atoms with Gasteiger partial charge in [-0.25, -0.2) is 4.39 Å². The summed E-state index contributed by atoms with van der Waals surface area (Å²) in [6.07, 6.45) is 0.592. The maximum Gasteiger partial charge on any atom is 0.218 e. The van der Waals surface area contributed by atoms with Gasteiger partial charge in [-0.1, -0.05) is 12.1 Å². The second-order valence-corrected chi connectivity index (χ2v) is 4.25. The molecule has 0 saturated heterocycles. The Morgan fingerprint density at radius 3 is 2.43 bits per heavy atom. The van der Waals surface area contributed by atoms with Gasteiger partial charge in [0.1, 0.15) is 5.82 Å². The molecule has 0 spiro atoms. The molecule has 0 amide bonds. The van der Waals surface area contributed by atoms with Crippen molar-refractivity contribution in [3.8, 4) is 0 Å². The van der Waals surface area contributed by atoms with Crippen molar-refractivity contribution in [1.82, 2.24) is 0 Å². The number of rotatable bonds is 7. The summed E-state index contributed by atoms with van der Waals surface area (Å²) in [6, 6.07) is 7.32. The number of benzene rings is 1. The third-order valence-corrected chi connectivity index (χ3v) is 2.91. The van der Waals surface area contributed by atoms with Gasteiger partial charge in [-0.3, -0.25) is 4.79 Å². The Hall–Kier alpha value is -1.98. The van der Waals surface area contributed by atoms with E-state index in [0.29, 0.717) is 13.2 Å². The molecular formula is C16H17FO4. The summed E-state index contributed by atoms with van der Waals surface area (Å²) < 4.78 is 29.9. The Labute approximate surface area is 122 Å². The van der Waals surface area contributed by atoms with E-state index in [1.165, 1.54) is 30.5 Å². The molecule has 1 aromatic heterocycles. The Morgan fingerprint density at radius 2 is 1.81 bits per heavy atom. The zero-order valence-electron chi connectivity index (χ0n) is 12.0. The number of carbonyl (C=O) groups is 1. The first kappa shape index (κ1) is 15.4. The largest absolute Gasteiger partial charge is 0.463 e. The number of halogens is 1. The van der Waals surface area contributed by atoms with Crippen LogP contribution in [0.4, 0.5) is 4.39 Å². The van der Waals surface area contributed by atoms with Gasteiger partial charge in [0, 0.05) is 13.2 Å². The average Bonchev–Trinajstić information content (AvgIpc) is 2.96. The maximum absolute atomic E-state index is 13.7. The smallest absolute Gasteiger partial charge is 0.218 e. The van der Waals surface area contributed by atoms with E-state index in [0.717, 1.165) is 0 Å². The first-order chi connectivity index (χ1) is 10.2. The number of carbonyl (C=O) groups excluding carboxylic acids is 1. The van der Waals surface area contributed by atoms with Crippen LogP contribution in [0.15, 0.2) is 41.0 Å². The number of hydrogen-bond acceptors (Lipinski definition) is 4. The second-order valence-electron chi connectivity index (χ2n) is 4.25. The highest BCUT2D eigenvalue weighted by Crippen LogP contribution is 2.26. The minimum Gasteiger partial charge on any atom is -0.463 e. The number of hydrogen-bond donors (Lipinski definition) is 0. The molecule has 1 heterocycles. The van der Waals surface area contributed by atoms with Crippen LogP contribution in [-0.2, 0) is 9.47 Å². The van der Waals surface area contributed by atoms with E-state index in [1.807, 2.05) is 13.8 Å². The number of ketones is 1. The highest BCUT2D eigenvalue weighted by Gasteiger charge is 2.25. The van der Waals surface area contributed by atoms with Crippen molar-refractivity contribution in [2.24, 2.45) is 0 Å². The highest BCUT2D eigenvalue weighted by atomic mass is 19.1. The molecule has 5 heteroatoms. The van der Waals surface area contributed by atoms with Gasteiger partial charge in [0.15, 0.2) is 11.5 Å². The zero-order chi connectivity index (χ0) is 15.2. The predicted octanol–water partition coefficient (Wildman–Crippen LogP) is 3.72. The number of furan rings is 1. The molecule has 2 rings (SSSR count). The summed E-state index contributed by atoms with van der Waals surface area (Å²) in [5.41, 5.74) is 0.235. The lowest BCUT2D eigenvalue weighted by Crippen LogP contribution is -2.13. The predicted molar refractivity (Wildman–Crippen MR) is 74.5 cm³/mol. The standard InChI is InChI=1S/C16H17FO4/c1-3-19-16(20-4-2)15-12(9-10-21-15)14(18)11-7-5-6-8-13(11)17/h5-10,16H,3-4H2,1-2H3.